The average Bonchev–Trinajstić information content (AvgIpc) is 2.83. The highest BCUT2D eigenvalue weighted by atomic mass is 32.2. The molecule has 1 fully saturated rings. The van der Waals surface area contributed by atoms with Crippen molar-refractivity contribution in [2.45, 2.75) is 45.1 Å². The topological polar surface area (TPSA) is 90.5 Å². The number of aromatic nitrogens is 2. The lowest BCUT2D eigenvalue weighted by molar-refractivity contribution is 0.313. The van der Waals surface area contributed by atoms with Crippen LogP contribution in [0.3, 0.4) is 0 Å². The molecular weight excluding hydrogens is 472 g/mol. The first kappa shape index (κ1) is 26.1. The number of sulfonamides is 1. The van der Waals surface area contributed by atoms with E-state index in [4.69, 9.17) is 4.98 Å². The molecule has 1 aliphatic rings. The SMILES string of the molecule is Cc1nc(Nc2ccc(N3CCN(C)CC3)cc2)nc(Cc2cccc(S(=O)(=O)NC(C)C)c2)c1C. The fourth-order valence-electron chi connectivity index (χ4n) is 4.26. The Balaban J connectivity index is 1.51. The molecule has 0 unspecified atom stereocenters. The number of benzene rings is 2. The summed E-state index contributed by atoms with van der Waals surface area (Å²) in [5.41, 5.74) is 5.78. The van der Waals surface area contributed by atoms with E-state index in [-0.39, 0.29) is 10.9 Å². The lowest BCUT2D eigenvalue weighted by Gasteiger charge is -2.34. The highest BCUT2D eigenvalue weighted by Crippen LogP contribution is 2.23. The summed E-state index contributed by atoms with van der Waals surface area (Å²) in [6.07, 6.45) is 0.511. The van der Waals surface area contributed by atoms with Gasteiger partial charge in [0.05, 0.1) is 10.6 Å². The number of likely N-dealkylation sites (N-methyl/N-ethyl adjacent to an activating group) is 1. The minimum Gasteiger partial charge on any atom is -0.369 e. The van der Waals surface area contributed by atoms with Crippen molar-refractivity contribution in [3.05, 3.63) is 71.0 Å². The summed E-state index contributed by atoms with van der Waals surface area (Å²) in [6, 6.07) is 15.2. The maximum absolute atomic E-state index is 12.6. The van der Waals surface area contributed by atoms with Crippen LogP contribution in [0.25, 0.3) is 0 Å². The fourth-order valence-corrected chi connectivity index (χ4v) is 5.58. The molecule has 0 spiro atoms. The molecular formula is C27H36N6O2S. The third kappa shape index (κ3) is 6.40. The van der Waals surface area contributed by atoms with Crippen molar-refractivity contribution in [2.75, 3.05) is 43.4 Å². The normalized spacial score (nSPS) is 14.9. The van der Waals surface area contributed by atoms with Crippen LogP contribution in [-0.4, -0.2) is 62.6 Å². The van der Waals surface area contributed by atoms with E-state index in [2.05, 4.69) is 56.1 Å². The molecule has 36 heavy (non-hydrogen) atoms. The number of piperazine rings is 1. The number of nitrogens with zero attached hydrogens (tertiary/aromatic N) is 4. The molecule has 9 heteroatoms. The van der Waals surface area contributed by atoms with Gasteiger partial charge < -0.3 is 15.1 Å². The highest BCUT2D eigenvalue weighted by Gasteiger charge is 2.17. The Bertz CT molecular complexity index is 1300. The van der Waals surface area contributed by atoms with E-state index in [1.807, 2.05) is 33.8 Å². The van der Waals surface area contributed by atoms with Crippen molar-refractivity contribution in [3.63, 3.8) is 0 Å². The van der Waals surface area contributed by atoms with Crippen LogP contribution in [0.1, 0.15) is 36.4 Å². The maximum Gasteiger partial charge on any atom is 0.240 e. The third-order valence-electron chi connectivity index (χ3n) is 6.45. The molecule has 1 aliphatic heterocycles. The number of aryl methyl sites for hydroxylation is 1. The van der Waals surface area contributed by atoms with Crippen molar-refractivity contribution in [2.24, 2.45) is 0 Å². The summed E-state index contributed by atoms with van der Waals surface area (Å²) < 4.78 is 27.9. The fraction of sp³-hybridized carbons (Fsp3) is 0.407. The van der Waals surface area contributed by atoms with Crippen LogP contribution in [0.4, 0.5) is 17.3 Å². The van der Waals surface area contributed by atoms with Crippen LogP contribution in [-0.2, 0) is 16.4 Å². The average molecular weight is 509 g/mol. The number of hydrogen-bond donors (Lipinski definition) is 2. The van der Waals surface area contributed by atoms with Crippen LogP contribution >= 0.6 is 0 Å². The number of rotatable bonds is 8. The second kappa shape index (κ2) is 10.9. The van der Waals surface area contributed by atoms with Gasteiger partial charge in [-0.15, -0.1) is 0 Å². The zero-order valence-electron chi connectivity index (χ0n) is 21.7. The summed E-state index contributed by atoms with van der Waals surface area (Å²) in [4.78, 5) is 14.4. The molecule has 3 aromatic rings. The molecule has 2 aromatic carbocycles. The molecule has 0 atom stereocenters. The van der Waals surface area contributed by atoms with Gasteiger partial charge in [-0.2, -0.15) is 0 Å². The molecule has 0 aliphatic carbocycles. The summed E-state index contributed by atoms with van der Waals surface area (Å²) in [5, 5.41) is 3.34. The quantitative estimate of drug-likeness (QED) is 0.477. The van der Waals surface area contributed by atoms with Crippen LogP contribution in [0.5, 0.6) is 0 Å². The third-order valence-corrected chi connectivity index (χ3v) is 8.11. The Labute approximate surface area is 214 Å². The minimum atomic E-state index is -3.56. The van der Waals surface area contributed by atoms with Gasteiger partial charge in [0.1, 0.15) is 0 Å². The van der Waals surface area contributed by atoms with E-state index in [1.54, 1.807) is 18.2 Å². The molecule has 0 amide bonds. The van der Waals surface area contributed by atoms with E-state index in [1.165, 1.54) is 5.69 Å². The van der Waals surface area contributed by atoms with E-state index in [0.717, 1.165) is 54.4 Å². The van der Waals surface area contributed by atoms with Gasteiger partial charge in [-0.05, 0) is 82.3 Å². The summed E-state index contributed by atoms with van der Waals surface area (Å²) in [6.45, 7) is 11.8. The predicted octanol–water partition coefficient (Wildman–Crippen LogP) is 3.87. The minimum absolute atomic E-state index is 0.172. The zero-order valence-corrected chi connectivity index (χ0v) is 22.6. The van der Waals surface area contributed by atoms with Crippen molar-refractivity contribution in [1.82, 2.24) is 19.6 Å². The molecule has 0 saturated carbocycles. The van der Waals surface area contributed by atoms with Gasteiger partial charge in [-0.3, -0.25) is 0 Å². The van der Waals surface area contributed by atoms with Crippen molar-refractivity contribution in [1.29, 1.82) is 0 Å². The highest BCUT2D eigenvalue weighted by molar-refractivity contribution is 7.89. The van der Waals surface area contributed by atoms with Crippen LogP contribution in [0.2, 0.25) is 0 Å². The summed E-state index contributed by atoms with van der Waals surface area (Å²) >= 11 is 0. The van der Waals surface area contributed by atoms with Crippen molar-refractivity contribution in [3.8, 4) is 0 Å². The lowest BCUT2D eigenvalue weighted by atomic mass is 10.1. The number of anilines is 3. The van der Waals surface area contributed by atoms with Gasteiger partial charge >= 0.3 is 0 Å². The first-order chi connectivity index (χ1) is 17.1. The van der Waals surface area contributed by atoms with Gasteiger partial charge in [0, 0.05) is 55.7 Å². The summed E-state index contributed by atoms with van der Waals surface area (Å²) in [5.74, 6) is 0.533. The Morgan fingerprint density at radius 1 is 0.972 bits per heavy atom. The van der Waals surface area contributed by atoms with E-state index in [9.17, 15) is 8.42 Å². The van der Waals surface area contributed by atoms with E-state index < -0.39 is 10.0 Å². The molecule has 192 valence electrons. The van der Waals surface area contributed by atoms with Crippen molar-refractivity contribution < 1.29 is 8.42 Å². The molecule has 0 bridgehead atoms. The van der Waals surface area contributed by atoms with E-state index >= 15 is 0 Å². The maximum atomic E-state index is 12.6. The Kier molecular flexibility index (Phi) is 7.92. The monoisotopic (exact) mass is 508 g/mol. The standard InChI is InChI=1S/C27H36N6O2S/c1-19(2)31-36(34,35)25-8-6-7-22(17-25)18-26-20(3)21(4)28-27(30-26)29-23-9-11-24(12-10-23)33-15-13-32(5)14-16-33/h6-12,17,19,31H,13-16,18H2,1-5H3,(H,28,29,30). The largest absolute Gasteiger partial charge is 0.369 e. The van der Waals surface area contributed by atoms with Gasteiger partial charge in [0.25, 0.3) is 0 Å². The zero-order chi connectivity index (χ0) is 25.9. The molecule has 2 N–H and O–H groups in total. The first-order valence-electron chi connectivity index (χ1n) is 12.4. The lowest BCUT2D eigenvalue weighted by Crippen LogP contribution is -2.44. The molecule has 4 rings (SSSR count). The molecule has 1 saturated heterocycles. The van der Waals surface area contributed by atoms with Crippen molar-refractivity contribution >= 4 is 27.3 Å². The van der Waals surface area contributed by atoms with Gasteiger partial charge in [0.15, 0.2) is 0 Å². The van der Waals surface area contributed by atoms with Crippen LogP contribution < -0.4 is 14.9 Å². The molecule has 8 nitrogen and oxygen atoms in total. The second-order valence-corrected chi connectivity index (χ2v) is 11.5. The Morgan fingerprint density at radius 2 is 1.67 bits per heavy atom. The van der Waals surface area contributed by atoms with Gasteiger partial charge in [-0.1, -0.05) is 12.1 Å². The summed E-state index contributed by atoms with van der Waals surface area (Å²) in [7, 11) is -1.40. The van der Waals surface area contributed by atoms with Crippen LogP contribution in [0, 0.1) is 13.8 Å². The molecule has 1 aromatic heterocycles. The number of nitrogens with one attached hydrogen (secondary N) is 2. The van der Waals surface area contributed by atoms with Gasteiger partial charge in [0.2, 0.25) is 16.0 Å². The molecule has 0 radical (unpaired) electrons. The Morgan fingerprint density at radius 3 is 2.33 bits per heavy atom. The predicted molar refractivity (Wildman–Crippen MR) is 146 cm³/mol. The van der Waals surface area contributed by atoms with Gasteiger partial charge in [-0.25, -0.2) is 23.1 Å². The molecule has 2 heterocycles. The smallest absolute Gasteiger partial charge is 0.240 e. The van der Waals surface area contributed by atoms with Crippen LogP contribution in [0.15, 0.2) is 53.4 Å². The first-order valence-corrected chi connectivity index (χ1v) is 13.8. The van der Waals surface area contributed by atoms with E-state index in [0.29, 0.717) is 12.4 Å². The second-order valence-electron chi connectivity index (χ2n) is 9.77. The Hall–Kier alpha value is -3.01. The number of hydrogen-bond acceptors (Lipinski definition) is 7.